The molecular formula is C7H6F8O. The molecule has 0 aromatic heterocycles. The van der Waals surface area contributed by atoms with Gasteiger partial charge in [-0.1, -0.05) is 13.2 Å². The van der Waals surface area contributed by atoms with Crippen LogP contribution in [0.2, 0.25) is 0 Å². The van der Waals surface area contributed by atoms with Crippen molar-refractivity contribution >= 4 is 0 Å². The third-order valence-corrected chi connectivity index (χ3v) is 0.953. The molecule has 0 spiro atoms. The summed E-state index contributed by atoms with van der Waals surface area (Å²) in [5.41, 5.74) is 0. The fourth-order valence-electron chi connectivity index (χ4n) is 0.344. The van der Waals surface area contributed by atoms with Crippen LogP contribution >= 0.6 is 0 Å². The summed E-state index contributed by atoms with van der Waals surface area (Å²) in [7, 11) is 0. The normalized spacial score (nSPS) is 12.2. The number of alkyl halides is 7. The standard InChI is InChI=1S/C5H3F7O.C2H3F/c1-2-13-5(11,12)3(6,7)4(8,9)10;1-2-3/h2H,1H2;2H,1H2. The lowest BCUT2D eigenvalue weighted by atomic mass is 10.3. The Hall–Kier alpha value is -1.28. The number of rotatable bonds is 3. The van der Waals surface area contributed by atoms with Gasteiger partial charge in [0.25, 0.3) is 0 Å². The highest BCUT2D eigenvalue weighted by Gasteiger charge is 2.75. The van der Waals surface area contributed by atoms with Crippen LogP contribution in [0.1, 0.15) is 0 Å². The Balaban J connectivity index is 0. The van der Waals surface area contributed by atoms with Crippen LogP contribution in [-0.4, -0.2) is 18.2 Å². The molecule has 0 atom stereocenters. The zero-order valence-corrected chi connectivity index (χ0v) is 7.50. The van der Waals surface area contributed by atoms with E-state index in [4.69, 9.17) is 0 Å². The minimum Gasteiger partial charge on any atom is -0.436 e. The molecule has 96 valence electrons. The lowest BCUT2D eigenvalue weighted by Crippen LogP contribution is -2.52. The van der Waals surface area contributed by atoms with Gasteiger partial charge in [0.2, 0.25) is 0 Å². The van der Waals surface area contributed by atoms with E-state index >= 15 is 0 Å². The summed E-state index contributed by atoms with van der Waals surface area (Å²) in [6, 6.07) is 0. The van der Waals surface area contributed by atoms with Crippen molar-refractivity contribution in [3.63, 3.8) is 0 Å². The quantitative estimate of drug-likeness (QED) is 0.548. The molecule has 0 saturated heterocycles. The molecular weight excluding hydrogens is 252 g/mol. The minimum absolute atomic E-state index is 0.195. The maximum absolute atomic E-state index is 11.9. The summed E-state index contributed by atoms with van der Waals surface area (Å²) in [5.74, 6) is -6.24. The molecule has 0 radical (unpaired) electrons. The Morgan fingerprint density at radius 3 is 1.38 bits per heavy atom. The summed E-state index contributed by atoms with van der Waals surface area (Å²) < 4.78 is 94.3. The molecule has 0 aliphatic rings. The number of halogens is 8. The molecule has 0 N–H and O–H groups in total. The first kappa shape index (κ1) is 17.1. The van der Waals surface area contributed by atoms with Crippen LogP contribution in [0.15, 0.2) is 25.7 Å². The fourth-order valence-corrected chi connectivity index (χ4v) is 0.344. The van der Waals surface area contributed by atoms with Gasteiger partial charge in [0, 0.05) is 0 Å². The largest absolute Gasteiger partial charge is 0.473 e. The van der Waals surface area contributed by atoms with Gasteiger partial charge >= 0.3 is 18.2 Å². The van der Waals surface area contributed by atoms with Crippen molar-refractivity contribution in [2.24, 2.45) is 0 Å². The van der Waals surface area contributed by atoms with Gasteiger partial charge < -0.3 is 4.74 Å². The molecule has 1 nitrogen and oxygen atoms in total. The molecule has 0 saturated carbocycles. The van der Waals surface area contributed by atoms with Crippen LogP contribution in [-0.2, 0) is 4.74 Å². The average Bonchev–Trinajstić information content (AvgIpc) is 2.02. The first-order chi connectivity index (χ1) is 6.97. The Morgan fingerprint density at radius 1 is 0.875 bits per heavy atom. The smallest absolute Gasteiger partial charge is 0.436 e. The maximum Gasteiger partial charge on any atom is 0.473 e. The summed E-state index contributed by atoms with van der Waals surface area (Å²) in [4.78, 5) is 0. The lowest BCUT2D eigenvalue weighted by molar-refractivity contribution is -0.412. The summed E-state index contributed by atoms with van der Waals surface area (Å²) in [5, 5.41) is 0. The minimum atomic E-state index is -6.38. The summed E-state index contributed by atoms with van der Waals surface area (Å²) in [6.07, 6.45) is -12.0. The third kappa shape index (κ3) is 4.07. The molecule has 0 aliphatic heterocycles. The van der Waals surface area contributed by atoms with Crippen molar-refractivity contribution in [1.29, 1.82) is 0 Å². The van der Waals surface area contributed by atoms with Crippen molar-refractivity contribution < 1.29 is 39.9 Å². The SMILES string of the molecule is C=CF.C=COC(F)(F)C(F)(F)C(F)(F)F. The van der Waals surface area contributed by atoms with E-state index in [-0.39, 0.29) is 12.6 Å². The molecule has 0 aromatic rings. The number of hydrogen-bond acceptors (Lipinski definition) is 1. The van der Waals surface area contributed by atoms with Gasteiger partial charge in [-0.05, 0) is 0 Å². The van der Waals surface area contributed by atoms with E-state index in [0.29, 0.717) is 0 Å². The molecule has 0 heterocycles. The Bertz CT molecular complexity index is 231. The van der Waals surface area contributed by atoms with Crippen molar-refractivity contribution in [3.8, 4) is 0 Å². The van der Waals surface area contributed by atoms with Gasteiger partial charge in [-0.2, -0.15) is 30.7 Å². The van der Waals surface area contributed by atoms with Crippen molar-refractivity contribution in [1.82, 2.24) is 0 Å². The zero-order chi connectivity index (χ0) is 13.6. The van der Waals surface area contributed by atoms with Crippen molar-refractivity contribution in [2.45, 2.75) is 18.2 Å². The Kier molecular flexibility index (Phi) is 6.11. The predicted molar refractivity (Wildman–Crippen MR) is 38.5 cm³/mol. The molecule has 0 aliphatic carbocycles. The van der Waals surface area contributed by atoms with E-state index < -0.39 is 18.2 Å². The van der Waals surface area contributed by atoms with Crippen LogP contribution < -0.4 is 0 Å². The zero-order valence-electron chi connectivity index (χ0n) is 7.50. The van der Waals surface area contributed by atoms with Crippen LogP contribution in [0.25, 0.3) is 0 Å². The van der Waals surface area contributed by atoms with Crippen LogP contribution in [0.5, 0.6) is 0 Å². The summed E-state index contributed by atoms with van der Waals surface area (Å²) >= 11 is 0. The molecule has 16 heavy (non-hydrogen) atoms. The van der Waals surface area contributed by atoms with E-state index in [1.807, 2.05) is 0 Å². The number of hydrogen-bond donors (Lipinski definition) is 0. The molecule has 0 rings (SSSR count). The fraction of sp³-hybridized carbons (Fsp3) is 0.429. The highest BCUT2D eigenvalue weighted by Crippen LogP contribution is 2.46. The second kappa shape index (κ2) is 5.71. The third-order valence-electron chi connectivity index (χ3n) is 0.953. The van der Waals surface area contributed by atoms with E-state index in [2.05, 4.69) is 17.9 Å². The molecule has 0 unspecified atom stereocenters. The van der Waals surface area contributed by atoms with Gasteiger partial charge in [0.1, 0.15) is 0 Å². The van der Waals surface area contributed by atoms with Gasteiger partial charge in [-0.25, -0.2) is 4.39 Å². The van der Waals surface area contributed by atoms with Gasteiger partial charge in [-0.3, -0.25) is 0 Å². The lowest BCUT2D eigenvalue weighted by Gasteiger charge is -2.26. The topological polar surface area (TPSA) is 9.23 Å². The molecule has 9 heteroatoms. The second-order valence-electron chi connectivity index (χ2n) is 2.03. The monoisotopic (exact) mass is 258 g/mol. The molecule has 0 fully saturated rings. The first-order valence-electron chi connectivity index (χ1n) is 3.30. The van der Waals surface area contributed by atoms with E-state index in [1.54, 1.807) is 0 Å². The van der Waals surface area contributed by atoms with Gasteiger partial charge in [-0.15, -0.1) is 0 Å². The number of ether oxygens (including phenoxy) is 1. The van der Waals surface area contributed by atoms with Gasteiger partial charge in [0.15, 0.2) is 0 Å². The van der Waals surface area contributed by atoms with Crippen LogP contribution in [0, 0.1) is 0 Å². The van der Waals surface area contributed by atoms with Gasteiger partial charge in [0.05, 0.1) is 12.6 Å². The van der Waals surface area contributed by atoms with E-state index in [9.17, 15) is 35.1 Å². The Morgan fingerprint density at radius 2 is 1.19 bits per heavy atom. The van der Waals surface area contributed by atoms with Crippen molar-refractivity contribution in [3.05, 3.63) is 25.7 Å². The average molecular weight is 258 g/mol. The van der Waals surface area contributed by atoms with E-state index in [0.717, 1.165) is 0 Å². The van der Waals surface area contributed by atoms with E-state index in [1.165, 1.54) is 0 Å². The van der Waals surface area contributed by atoms with Crippen LogP contribution in [0.3, 0.4) is 0 Å². The van der Waals surface area contributed by atoms with Crippen LogP contribution in [0.4, 0.5) is 35.1 Å². The molecule has 0 aromatic carbocycles. The predicted octanol–water partition coefficient (Wildman–Crippen LogP) is 4.04. The second-order valence-corrected chi connectivity index (χ2v) is 2.03. The van der Waals surface area contributed by atoms with Crippen molar-refractivity contribution in [2.75, 3.05) is 0 Å². The summed E-state index contributed by atoms with van der Waals surface area (Å²) in [6.45, 7) is 5.13. The maximum atomic E-state index is 11.9. The Labute approximate surface area is 85.0 Å². The molecule has 0 bridgehead atoms. The highest BCUT2D eigenvalue weighted by molar-refractivity contribution is 4.85. The highest BCUT2D eigenvalue weighted by atomic mass is 19.4. The molecule has 0 amide bonds. The first-order valence-corrected chi connectivity index (χ1v) is 3.30.